The highest BCUT2D eigenvalue weighted by molar-refractivity contribution is 6.50. The molecule has 1 aromatic carbocycles. The number of nitrogens with one attached hydrogen (secondary N) is 1. The smallest absolute Gasteiger partial charge is 0.321 e. The van der Waals surface area contributed by atoms with E-state index in [9.17, 15) is 18.0 Å². The predicted molar refractivity (Wildman–Crippen MR) is 83.7 cm³/mol. The van der Waals surface area contributed by atoms with E-state index >= 15 is 0 Å². The third kappa shape index (κ3) is 3.83. The maximum Gasteiger partial charge on any atom is 0.418 e. The molecule has 0 saturated heterocycles. The van der Waals surface area contributed by atoms with Crippen molar-refractivity contribution in [2.24, 2.45) is 0 Å². The summed E-state index contributed by atoms with van der Waals surface area (Å²) < 4.78 is 38.8. The molecule has 1 heterocycles. The van der Waals surface area contributed by atoms with Gasteiger partial charge in [-0.15, -0.1) is 0 Å². The fourth-order valence-electron chi connectivity index (χ4n) is 1.70. The molecule has 3 nitrogen and oxygen atoms in total. The topological polar surface area (TPSA) is 42.0 Å². The van der Waals surface area contributed by atoms with Gasteiger partial charge in [-0.2, -0.15) is 13.2 Å². The van der Waals surface area contributed by atoms with Gasteiger partial charge in [0.2, 0.25) is 0 Å². The van der Waals surface area contributed by atoms with E-state index in [2.05, 4.69) is 10.3 Å². The number of pyridine rings is 1. The number of halogens is 7. The van der Waals surface area contributed by atoms with Crippen LogP contribution in [0.1, 0.15) is 15.9 Å². The van der Waals surface area contributed by atoms with Gasteiger partial charge in [-0.25, -0.2) is 4.98 Å². The van der Waals surface area contributed by atoms with E-state index in [1.54, 1.807) is 0 Å². The van der Waals surface area contributed by atoms with Crippen molar-refractivity contribution in [2.45, 2.75) is 6.18 Å². The van der Waals surface area contributed by atoms with Crippen molar-refractivity contribution < 1.29 is 18.0 Å². The van der Waals surface area contributed by atoms with Crippen LogP contribution in [0.25, 0.3) is 0 Å². The number of para-hydroxylation sites is 1. The highest BCUT2D eigenvalue weighted by Crippen LogP contribution is 2.37. The highest BCUT2D eigenvalue weighted by Gasteiger charge is 2.34. The van der Waals surface area contributed by atoms with Crippen LogP contribution in [0.2, 0.25) is 20.4 Å². The molecule has 0 aliphatic rings. The number of benzene rings is 1. The molecule has 0 bridgehead atoms. The number of amides is 1. The van der Waals surface area contributed by atoms with Crippen molar-refractivity contribution in [3.63, 3.8) is 0 Å². The maximum atomic E-state index is 12.9. The van der Waals surface area contributed by atoms with E-state index in [4.69, 9.17) is 46.4 Å². The molecular weight excluding hydrogens is 399 g/mol. The van der Waals surface area contributed by atoms with E-state index < -0.39 is 23.3 Å². The number of carbonyl (C=O) groups excluding carboxylic acids is 1. The average Bonchev–Trinajstić information content (AvgIpc) is 2.44. The van der Waals surface area contributed by atoms with Crippen LogP contribution in [0.5, 0.6) is 0 Å². The van der Waals surface area contributed by atoms with Gasteiger partial charge in [-0.3, -0.25) is 4.79 Å². The molecule has 1 aromatic heterocycles. The Morgan fingerprint density at radius 2 is 1.61 bits per heavy atom. The first-order chi connectivity index (χ1) is 10.6. The Kier molecular flexibility index (Phi) is 5.30. The summed E-state index contributed by atoms with van der Waals surface area (Å²) in [6.07, 6.45) is -4.65. The Morgan fingerprint density at radius 1 is 1.00 bits per heavy atom. The number of hydrogen-bond donors (Lipinski definition) is 1. The standard InChI is InChI=1S/C13H5Cl4F3N2O/c14-8-7(10(16)22-11(17)9(8)15)12(23)21-6-4-2-1-3-5(6)13(18,19)20/h1-4H,(H,21,23). The Balaban J connectivity index is 2.44. The Morgan fingerprint density at radius 3 is 2.22 bits per heavy atom. The van der Waals surface area contributed by atoms with Crippen molar-refractivity contribution in [1.82, 2.24) is 4.98 Å². The summed E-state index contributed by atoms with van der Waals surface area (Å²) in [7, 11) is 0. The lowest BCUT2D eigenvalue weighted by atomic mass is 10.1. The molecule has 2 rings (SSSR count). The molecule has 0 unspecified atom stereocenters. The number of aromatic nitrogens is 1. The molecule has 122 valence electrons. The molecule has 23 heavy (non-hydrogen) atoms. The maximum absolute atomic E-state index is 12.9. The van der Waals surface area contributed by atoms with Crippen molar-refractivity contribution in [3.8, 4) is 0 Å². The number of alkyl halides is 3. The minimum Gasteiger partial charge on any atom is -0.321 e. The summed E-state index contributed by atoms with van der Waals surface area (Å²) in [5.74, 6) is -0.997. The molecule has 0 aliphatic carbocycles. The van der Waals surface area contributed by atoms with Crippen LogP contribution in [0.3, 0.4) is 0 Å². The van der Waals surface area contributed by atoms with Crippen LogP contribution in [0.15, 0.2) is 24.3 Å². The van der Waals surface area contributed by atoms with Crippen LogP contribution >= 0.6 is 46.4 Å². The van der Waals surface area contributed by atoms with Gasteiger partial charge < -0.3 is 5.32 Å². The van der Waals surface area contributed by atoms with Gasteiger partial charge in [0.15, 0.2) is 5.15 Å². The largest absolute Gasteiger partial charge is 0.418 e. The lowest BCUT2D eigenvalue weighted by Gasteiger charge is -2.14. The molecule has 0 aliphatic heterocycles. The van der Waals surface area contributed by atoms with Crippen LogP contribution in [-0.4, -0.2) is 10.9 Å². The van der Waals surface area contributed by atoms with Gasteiger partial charge in [-0.1, -0.05) is 58.5 Å². The van der Waals surface area contributed by atoms with E-state index in [0.29, 0.717) is 0 Å². The number of rotatable bonds is 2. The second-order valence-corrected chi connectivity index (χ2v) is 5.67. The van der Waals surface area contributed by atoms with Gasteiger partial charge in [0.1, 0.15) is 5.15 Å². The minimum absolute atomic E-state index is 0.228. The van der Waals surface area contributed by atoms with Gasteiger partial charge in [0, 0.05) is 0 Å². The summed E-state index contributed by atoms with van der Waals surface area (Å²) in [5, 5.41) is 0.945. The van der Waals surface area contributed by atoms with Crippen molar-refractivity contribution >= 4 is 58.0 Å². The normalized spacial score (nSPS) is 11.4. The Hall–Kier alpha value is -1.21. The van der Waals surface area contributed by atoms with E-state index in [1.165, 1.54) is 12.1 Å². The molecule has 0 saturated carbocycles. The molecule has 1 N–H and O–H groups in total. The van der Waals surface area contributed by atoms with Gasteiger partial charge in [0.05, 0.1) is 26.9 Å². The SMILES string of the molecule is O=C(Nc1ccccc1C(F)(F)F)c1c(Cl)nc(Cl)c(Cl)c1Cl. The fraction of sp³-hybridized carbons (Fsp3) is 0.0769. The van der Waals surface area contributed by atoms with Gasteiger partial charge in [-0.05, 0) is 12.1 Å². The summed E-state index contributed by atoms with van der Waals surface area (Å²) in [6.45, 7) is 0. The lowest BCUT2D eigenvalue weighted by Crippen LogP contribution is -2.18. The quantitative estimate of drug-likeness (QED) is 0.628. The fourth-order valence-corrected chi connectivity index (χ4v) is 2.68. The van der Waals surface area contributed by atoms with Crippen LogP contribution in [0.4, 0.5) is 18.9 Å². The molecule has 1 amide bonds. The molecule has 0 spiro atoms. The minimum atomic E-state index is -4.65. The molecule has 0 radical (unpaired) electrons. The second kappa shape index (κ2) is 6.73. The van der Waals surface area contributed by atoms with Crippen LogP contribution < -0.4 is 5.32 Å². The number of nitrogens with zero attached hydrogens (tertiary/aromatic N) is 1. The van der Waals surface area contributed by atoms with Crippen molar-refractivity contribution in [3.05, 3.63) is 55.7 Å². The molecule has 2 aromatic rings. The second-order valence-electron chi connectivity index (χ2n) is 4.19. The van der Waals surface area contributed by atoms with Gasteiger partial charge >= 0.3 is 6.18 Å². The monoisotopic (exact) mass is 402 g/mol. The number of carbonyl (C=O) groups is 1. The molecule has 0 atom stereocenters. The first-order valence-electron chi connectivity index (χ1n) is 5.80. The zero-order chi connectivity index (χ0) is 17.4. The van der Waals surface area contributed by atoms with Crippen LogP contribution in [-0.2, 0) is 6.18 Å². The zero-order valence-corrected chi connectivity index (χ0v) is 13.8. The summed E-state index contributed by atoms with van der Waals surface area (Å²) >= 11 is 23.1. The first-order valence-corrected chi connectivity index (χ1v) is 7.31. The predicted octanol–water partition coefficient (Wildman–Crippen LogP) is 5.97. The molecular formula is C13H5Cl4F3N2O. The third-order valence-electron chi connectivity index (χ3n) is 2.70. The lowest BCUT2D eigenvalue weighted by molar-refractivity contribution is -0.136. The van der Waals surface area contributed by atoms with Crippen molar-refractivity contribution in [2.75, 3.05) is 5.32 Å². The highest BCUT2D eigenvalue weighted by atomic mass is 35.5. The summed E-state index contributed by atoms with van der Waals surface area (Å²) in [4.78, 5) is 15.8. The first kappa shape index (κ1) is 18.1. The number of anilines is 1. The van der Waals surface area contributed by atoms with Crippen molar-refractivity contribution in [1.29, 1.82) is 0 Å². The number of hydrogen-bond acceptors (Lipinski definition) is 2. The molecule has 10 heteroatoms. The Labute approximate surface area is 148 Å². The Bertz CT molecular complexity index is 781. The third-order valence-corrected chi connectivity index (χ3v) is 4.19. The summed E-state index contributed by atoms with van der Waals surface area (Å²) in [6, 6.07) is 4.44. The van der Waals surface area contributed by atoms with E-state index in [0.717, 1.165) is 12.1 Å². The zero-order valence-electron chi connectivity index (χ0n) is 10.8. The van der Waals surface area contributed by atoms with E-state index in [1.807, 2.05) is 0 Å². The average molecular weight is 404 g/mol. The van der Waals surface area contributed by atoms with Gasteiger partial charge in [0.25, 0.3) is 5.91 Å². The summed E-state index contributed by atoms with van der Waals surface area (Å²) in [5.41, 5.74) is -1.85. The van der Waals surface area contributed by atoms with E-state index in [-0.39, 0.29) is 25.9 Å². The molecule has 0 fully saturated rings. The van der Waals surface area contributed by atoms with Crippen LogP contribution in [0, 0.1) is 0 Å².